The average molecular weight is 203 g/mol. The van der Waals surface area contributed by atoms with Crippen LogP contribution in [0.5, 0.6) is 0 Å². The highest BCUT2D eigenvalue weighted by atomic mass is 32.2. The van der Waals surface area contributed by atoms with Crippen molar-refractivity contribution in [3.8, 4) is 0 Å². The average Bonchev–Trinajstić information content (AvgIpc) is 2.50. The maximum Gasteiger partial charge on any atom is 0.328 e. The molecule has 0 N–H and O–H groups in total. The Bertz CT molecular complexity index is 219. The third kappa shape index (κ3) is 2.37. The molecule has 1 atom stereocenters. The summed E-state index contributed by atoms with van der Waals surface area (Å²) in [5, 5.41) is 0. The van der Waals surface area contributed by atoms with E-state index in [1.165, 1.54) is 11.8 Å². The van der Waals surface area contributed by atoms with Crippen LogP contribution in [0.4, 0.5) is 0 Å². The van der Waals surface area contributed by atoms with E-state index in [-0.39, 0.29) is 11.9 Å². The van der Waals surface area contributed by atoms with Gasteiger partial charge in [0.05, 0.1) is 18.2 Å². The fourth-order valence-electron chi connectivity index (χ4n) is 1.10. The second kappa shape index (κ2) is 4.50. The van der Waals surface area contributed by atoms with Gasteiger partial charge in [-0.25, -0.2) is 4.79 Å². The van der Waals surface area contributed by atoms with Crippen molar-refractivity contribution in [2.45, 2.75) is 19.9 Å². The molecule has 0 aromatic carbocycles. The van der Waals surface area contributed by atoms with Crippen LogP contribution in [0.15, 0.2) is 0 Å². The summed E-state index contributed by atoms with van der Waals surface area (Å²) in [5.41, 5.74) is 0. The fraction of sp³-hybridized carbons (Fsp3) is 0.750. The molecule has 0 bridgehead atoms. The number of carbonyl (C=O) groups is 2. The lowest BCUT2D eigenvalue weighted by atomic mass is 10.3. The zero-order chi connectivity index (χ0) is 9.84. The molecule has 0 saturated carbocycles. The van der Waals surface area contributed by atoms with Gasteiger partial charge in [-0.1, -0.05) is 0 Å². The molecule has 0 aromatic heterocycles. The highest BCUT2D eigenvalue weighted by molar-refractivity contribution is 8.00. The van der Waals surface area contributed by atoms with Crippen molar-refractivity contribution < 1.29 is 14.3 Å². The van der Waals surface area contributed by atoms with E-state index in [2.05, 4.69) is 0 Å². The summed E-state index contributed by atoms with van der Waals surface area (Å²) in [7, 11) is 0. The number of hydrogen-bond donors (Lipinski definition) is 0. The number of esters is 1. The minimum Gasteiger partial charge on any atom is -0.464 e. The molecule has 0 spiro atoms. The Morgan fingerprint density at radius 1 is 1.77 bits per heavy atom. The van der Waals surface area contributed by atoms with Gasteiger partial charge in [0.1, 0.15) is 6.04 Å². The third-order valence-corrected chi connectivity index (χ3v) is 2.78. The molecule has 74 valence electrons. The van der Waals surface area contributed by atoms with Crippen molar-refractivity contribution in [1.82, 2.24) is 4.90 Å². The van der Waals surface area contributed by atoms with E-state index in [4.69, 9.17) is 4.74 Å². The van der Waals surface area contributed by atoms with Crippen LogP contribution in [0.1, 0.15) is 13.8 Å². The summed E-state index contributed by atoms with van der Waals surface area (Å²) in [5.74, 6) is 0.770. The molecule has 1 aliphatic heterocycles. The Labute approximate surface area is 81.6 Å². The Hall–Kier alpha value is -0.710. The molecule has 1 amide bonds. The van der Waals surface area contributed by atoms with E-state index >= 15 is 0 Å². The van der Waals surface area contributed by atoms with Crippen LogP contribution in [0.25, 0.3) is 0 Å². The van der Waals surface area contributed by atoms with Crippen molar-refractivity contribution in [2.75, 3.05) is 18.2 Å². The molecule has 4 nitrogen and oxygen atoms in total. The maximum absolute atomic E-state index is 11.3. The van der Waals surface area contributed by atoms with Crippen molar-refractivity contribution in [3.63, 3.8) is 0 Å². The summed E-state index contributed by atoms with van der Waals surface area (Å²) in [6.07, 6.45) is 0. The molecule has 5 heteroatoms. The number of thioether (sulfide) groups is 1. The van der Waals surface area contributed by atoms with Gasteiger partial charge in [-0.05, 0) is 13.8 Å². The lowest BCUT2D eigenvalue weighted by Crippen LogP contribution is -2.41. The van der Waals surface area contributed by atoms with Gasteiger partial charge < -0.3 is 9.64 Å². The van der Waals surface area contributed by atoms with Gasteiger partial charge in [0.2, 0.25) is 5.91 Å². The maximum atomic E-state index is 11.3. The van der Waals surface area contributed by atoms with Crippen LogP contribution in [0, 0.1) is 0 Å². The number of ether oxygens (including phenoxy) is 1. The minimum atomic E-state index is -0.442. The van der Waals surface area contributed by atoms with E-state index in [1.807, 2.05) is 0 Å². The van der Waals surface area contributed by atoms with Crippen molar-refractivity contribution >= 4 is 23.6 Å². The summed E-state index contributed by atoms with van der Waals surface area (Å²) in [4.78, 5) is 24.0. The first-order valence-corrected chi connectivity index (χ1v) is 5.36. The largest absolute Gasteiger partial charge is 0.464 e. The van der Waals surface area contributed by atoms with Crippen LogP contribution in [0.3, 0.4) is 0 Å². The standard InChI is InChI=1S/C8H13NO3S/c1-3-12-8(11)6(2)9-5-13-4-7(9)10/h6H,3-5H2,1-2H3. The van der Waals surface area contributed by atoms with Gasteiger partial charge in [0, 0.05) is 0 Å². The summed E-state index contributed by atoms with van der Waals surface area (Å²) < 4.78 is 4.82. The first-order valence-electron chi connectivity index (χ1n) is 4.20. The molecule has 1 heterocycles. The van der Waals surface area contributed by atoms with Gasteiger partial charge in [0.25, 0.3) is 0 Å². The topological polar surface area (TPSA) is 46.6 Å². The first kappa shape index (κ1) is 10.4. The molecule has 1 rings (SSSR count). The third-order valence-electron chi connectivity index (χ3n) is 1.87. The van der Waals surface area contributed by atoms with Gasteiger partial charge >= 0.3 is 5.97 Å². The molecule has 1 aliphatic rings. The molecule has 0 aliphatic carbocycles. The van der Waals surface area contributed by atoms with Crippen LogP contribution in [0.2, 0.25) is 0 Å². The van der Waals surface area contributed by atoms with Crippen LogP contribution < -0.4 is 0 Å². The summed E-state index contributed by atoms with van der Waals surface area (Å²) in [6, 6.07) is -0.442. The van der Waals surface area contributed by atoms with Crippen LogP contribution in [-0.2, 0) is 14.3 Å². The lowest BCUT2D eigenvalue weighted by molar-refractivity contribution is -0.152. The second-order valence-electron chi connectivity index (χ2n) is 2.77. The Kier molecular flexibility index (Phi) is 3.59. The molecule has 13 heavy (non-hydrogen) atoms. The molecule has 0 aromatic rings. The Balaban J connectivity index is 2.50. The predicted molar refractivity (Wildman–Crippen MR) is 50.3 cm³/mol. The molecule has 1 unspecified atom stereocenters. The summed E-state index contributed by atoms with van der Waals surface area (Å²) in [6.45, 7) is 3.81. The number of amides is 1. The first-order chi connectivity index (χ1) is 6.16. The fourth-order valence-corrected chi connectivity index (χ4v) is 2.10. The van der Waals surface area contributed by atoms with Crippen molar-refractivity contribution in [2.24, 2.45) is 0 Å². The van der Waals surface area contributed by atoms with E-state index in [9.17, 15) is 9.59 Å². The number of rotatable bonds is 3. The number of carbonyl (C=O) groups excluding carboxylic acids is 2. The van der Waals surface area contributed by atoms with Crippen molar-refractivity contribution in [3.05, 3.63) is 0 Å². The SMILES string of the molecule is CCOC(=O)C(C)N1CSCC1=O. The summed E-state index contributed by atoms with van der Waals surface area (Å²) >= 11 is 1.52. The number of hydrogen-bond acceptors (Lipinski definition) is 4. The molecular formula is C8H13NO3S. The zero-order valence-corrected chi connectivity index (χ0v) is 8.60. The lowest BCUT2D eigenvalue weighted by Gasteiger charge is -2.21. The van der Waals surface area contributed by atoms with Gasteiger partial charge in [-0.3, -0.25) is 4.79 Å². The van der Waals surface area contributed by atoms with Crippen LogP contribution >= 0.6 is 11.8 Å². The van der Waals surface area contributed by atoms with Gasteiger partial charge in [-0.15, -0.1) is 11.8 Å². The van der Waals surface area contributed by atoms with E-state index in [0.717, 1.165) is 0 Å². The molecular weight excluding hydrogens is 190 g/mol. The van der Waals surface area contributed by atoms with Gasteiger partial charge in [0.15, 0.2) is 0 Å². The van der Waals surface area contributed by atoms with Gasteiger partial charge in [-0.2, -0.15) is 0 Å². The van der Waals surface area contributed by atoms with Crippen LogP contribution in [-0.4, -0.2) is 41.1 Å². The molecule has 1 fully saturated rings. The predicted octanol–water partition coefficient (Wildman–Crippen LogP) is 0.471. The highest BCUT2D eigenvalue weighted by Crippen LogP contribution is 2.18. The second-order valence-corrected chi connectivity index (χ2v) is 3.72. The zero-order valence-electron chi connectivity index (χ0n) is 7.78. The van der Waals surface area contributed by atoms with E-state index < -0.39 is 6.04 Å². The van der Waals surface area contributed by atoms with E-state index in [0.29, 0.717) is 18.2 Å². The van der Waals surface area contributed by atoms with Crippen molar-refractivity contribution in [1.29, 1.82) is 0 Å². The quantitative estimate of drug-likeness (QED) is 0.626. The minimum absolute atomic E-state index is 0.0190. The number of nitrogens with zero attached hydrogens (tertiary/aromatic N) is 1. The smallest absolute Gasteiger partial charge is 0.328 e. The molecule has 1 saturated heterocycles. The van der Waals surface area contributed by atoms with E-state index in [1.54, 1.807) is 18.7 Å². The molecule has 0 radical (unpaired) electrons. The highest BCUT2D eigenvalue weighted by Gasteiger charge is 2.30. The normalized spacial score (nSPS) is 18.9. The monoisotopic (exact) mass is 203 g/mol. The Morgan fingerprint density at radius 3 is 2.92 bits per heavy atom. The Morgan fingerprint density at radius 2 is 2.46 bits per heavy atom.